The van der Waals surface area contributed by atoms with E-state index >= 15 is 0 Å². The van der Waals surface area contributed by atoms with Gasteiger partial charge in [-0.1, -0.05) is 11.6 Å². The Morgan fingerprint density at radius 3 is 2.83 bits per heavy atom. The molecule has 2 rings (SSSR count). The summed E-state index contributed by atoms with van der Waals surface area (Å²) in [6.07, 6.45) is 1.01. The number of carbonyl (C=O) groups is 1. The Morgan fingerprint density at radius 1 is 1.56 bits per heavy atom. The van der Waals surface area contributed by atoms with E-state index in [1.807, 2.05) is 7.05 Å². The van der Waals surface area contributed by atoms with Crippen molar-refractivity contribution in [3.8, 4) is 0 Å². The summed E-state index contributed by atoms with van der Waals surface area (Å²) in [4.78, 5) is 14.1. The fourth-order valence-electron chi connectivity index (χ4n) is 1.99. The maximum absolute atomic E-state index is 12.3. The molecule has 1 aromatic carbocycles. The van der Waals surface area contributed by atoms with Gasteiger partial charge in [0.15, 0.2) is 0 Å². The predicted molar refractivity (Wildman–Crippen MR) is 79.8 cm³/mol. The first-order valence-electron chi connectivity index (χ1n) is 5.52. The van der Waals surface area contributed by atoms with Crippen molar-refractivity contribution in [1.29, 1.82) is 0 Å². The second-order valence-electron chi connectivity index (χ2n) is 4.19. The fraction of sp³-hybridized carbons (Fsp3) is 0.417. The van der Waals surface area contributed by atoms with Gasteiger partial charge < -0.3 is 10.2 Å². The molecule has 100 valence electrons. The van der Waals surface area contributed by atoms with Crippen molar-refractivity contribution >= 4 is 45.8 Å². The highest BCUT2D eigenvalue weighted by Crippen LogP contribution is 2.23. The summed E-state index contributed by atoms with van der Waals surface area (Å²) in [5.74, 6) is 0.0299. The van der Waals surface area contributed by atoms with E-state index in [0.717, 1.165) is 24.0 Å². The van der Waals surface area contributed by atoms with Gasteiger partial charge in [0.25, 0.3) is 5.91 Å². The van der Waals surface area contributed by atoms with Gasteiger partial charge >= 0.3 is 0 Å². The van der Waals surface area contributed by atoms with Crippen molar-refractivity contribution in [2.24, 2.45) is 0 Å². The van der Waals surface area contributed by atoms with Gasteiger partial charge in [-0.3, -0.25) is 4.79 Å². The number of rotatable bonds is 2. The minimum Gasteiger partial charge on any atom is -0.337 e. The van der Waals surface area contributed by atoms with Crippen molar-refractivity contribution in [1.82, 2.24) is 10.2 Å². The van der Waals surface area contributed by atoms with Gasteiger partial charge in [0.2, 0.25) is 0 Å². The predicted octanol–water partition coefficient (Wildman–Crippen LogP) is 2.96. The average molecular weight is 354 g/mol. The molecule has 0 aliphatic carbocycles. The lowest BCUT2D eigenvalue weighted by Gasteiger charge is -2.24. The maximum Gasteiger partial charge on any atom is 0.255 e. The van der Waals surface area contributed by atoms with Crippen molar-refractivity contribution in [2.45, 2.75) is 12.5 Å². The average Bonchev–Trinajstić information content (AvgIpc) is 2.80. The van der Waals surface area contributed by atoms with Crippen molar-refractivity contribution in [2.75, 3.05) is 20.1 Å². The van der Waals surface area contributed by atoms with Gasteiger partial charge in [-0.15, -0.1) is 12.4 Å². The topological polar surface area (TPSA) is 32.3 Å². The normalized spacial score (nSPS) is 18.3. The molecule has 1 N–H and O–H groups in total. The molecule has 1 heterocycles. The SMILES string of the molecule is CN(C(=O)c1ccc(Cl)cc1Br)C1CCNC1.Cl. The van der Waals surface area contributed by atoms with Gasteiger partial charge in [-0.05, 0) is 47.1 Å². The van der Waals surface area contributed by atoms with E-state index in [2.05, 4.69) is 21.2 Å². The number of hydrogen-bond donors (Lipinski definition) is 1. The molecule has 1 saturated heterocycles. The summed E-state index contributed by atoms with van der Waals surface area (Å²) in [5, 5.41) is 3.88. The van der Waals surface area contributed by atoms with Gasteiger partial charge in [-0.25, -0.2) is 0 Å². The third-order valence-corrected chi connectivity index (χ3v) is 3.96. The van der Waals surface area contributed by atoms with Gasteiger partial charge in [0.05, 0.1) is 5.56 Å². The zero-order valence-corrected chi connectivity index (χ0v) is 13.1. The monoisotopic (exact) mass is 352 g/mol. The Kier molecular flexibility index (Phi) is 5.92. The summed E-state index contributed by atoms with van der Waals surface area (Å²) in [5.41, 5.74) is 0.656. The van der Waals surface area contributed by atoms with E-state index in [4.69, 9.17) is 11.6 Å². The highest BCUT2D eigenvalue weighted by Gasteiger charge is 2.25. The van der Waals surface area contributed by atoms with Crippen LogP contribution in [0.2, 0.25) is 5.02 Å². The number of likely N-dealkylation sites (N-methyl/N-ethyl adjacent to an activating group) is 1. The van der Waals surface area contributed by atoms with Gasteiger partial charge in [-0.2, -0.15) is 0 Å². The van der Waals surface area contributed by atoms with Gasteiger partial charge in [0.1, 0.15) is 0 Å². The highest BCUT2D eigenvalue weighted by atomic mass is 79.9. The molecule has 18 heavy (non-hydrogen) atoms. The quantitative estimate of drug-likeness (QED) is 0.886. The second-order valence-corrected chi connectivity index (χ2v) is 5.48. The number of hydrogen-bond acceptors (Lipinski definition) is 2. The summed E-state index contributed by atoms with van der Waals surface area (Å²) in [6, 6.07) is 5.52. The molecule has 0 saturated carbocycles. The van der Waals surface area contributed by atoms with Crippen molar-refractivity contribution in [3.63, 3.8) is 0 Å². The van der Waals surface area contributed by atoms with Crippen LogP contribution in [0.15, 0.2) is 22.7 Å². The van der Waals surface area contributed by atoms with E-state index in [9.17, 15) is 4.79 Å². The Hall–Kier alpha value is -0.290. The van der Waals surface area contributed by atoms with E-state index < -0.39 is 0 Å². The number of carbonyl (C=O) groups excluding carboxylic acids is 1. The first-order chi connectivity index (χ1) is 8.09. The largest absolute Gasteiger partial charge is 0.337 e. The van der Waals surface area contributed by atoms with Crippen LogP contribution in [0.4, 0.5) is 0 Å². The van der Waals surface area contributed by atoms with Crippen LogP contribution in [0.5, 0.6) is 0 Å². The van der Waals surface area contributed by atoms with Crippen LogP contribution in [0.1, 0.15) is 16.8 Å². The highest BCUT2D eigenvalue weighted by molar-refractivity contribution is 9.10. The van der Waals surface area contributed by atoms with Crippen LogP contribution in [0.3, 0.4) is 0 Å². The Morgan fingerprint density at radius 2 is 2.28 bits per heavy atom. The minimum absolute atomic E-state index is 0. The minimum atomic E-state index is 0. The molecular weight excluding hydrogens is 339 g/mol. The smallest absolute Gasteiger partial charge is 0.255 e. The molecule has 0 spiro atoms. The molecule has 1 fully saturated rings. The Labute approximate surface area is 126 Å². The second kappa shape index (κ2) is 6.75. The molecule has 1 aliphatic rings. The lowest BCUT2D eigenvalue weighted by atomic mass is 10.1. The Balaban J connectivity index is 0.00000162. The molecule has 1 amide bonds. The summed E-state index contributed by atoms with van der Waals surface area (Å²) >= 11 is 9.24. The lowest BCUT2D eigenvalue weighted by molar-refractivity contribution is 0.0743. The van der Waals surface area contributed by atoms with Crippen LogP contribution in [0, 0.1) is 0 Å². The van der Waals surface area contributed by atoms with Crippen LogP contribution in [-0.2, 0) is 0 Å². The number of amides is 1. The number of benzene rings is 1. The van der Waals surface area contributed by atoms with E-state index in [0.29, 0.717) is 10.6 Å². The number of nitrogens with one attached hydrogen (secondary N) is 1. The van der Waals surface area contributed by atoms with E-state index in [1.54, 1.807) is 23.1 Å². The zero-order valence-electron chi connectivity index (χ0n) is 9.95. The van der Waals surface area contributed by atoms with E-state index in [-0.39, 0.29) is 24.4 Å². The molecule has 0 aromatic heterocycles. The molecule has 6 heteroatoms. The fourth-order valence-corrected chi connectivity index (χ4v) is 2.84. The third kappa shape index (κ3) is 3.38. The molecule has 0 bridgehead atoms. The van der Waals surface area contributed by atoms with Crippen LogP contribution >= 0.6 is 39.9 Å². The molecule has 1 aliphatic heterocycles. The molecule has 0 radical (unpaired) electrons. The third-order valence-electron chi connectivity index (χ3n) is 3.06. The first kappa shape index (κ1) is 15.8. The molecule has 3 nitrogen and oxygen atoms in total. The lowest BCUT2D eigenvalue weighted by Crippen LogP contribution is -2.38. The number of halogens is 3. The van der Waals surface area contributed by atoms with Gasteiger partial charge in [0, 0.05) is 29.1 Å². The van der Waals surface area contributed by atoms with Crippen LogP contribution < -0.4 is 5.32 Å². The Bertz CT molecular complexity index is 436. The van der Waals surface area contributed by atoms with E-state index in [1.165, 1.54) is 0 Å². The summed E-state index contributed by atoms with van der Waals surface area (Å²) < 4.78 is 0.743. The first-order valence-corrected chi connectivity index (χ1v) is 6.69. The van der Waals surface area contributed by atoms with Crippen molar-refractivity contribution in [3.05, 3.63) is 33.3 Å². The standard InChI is InChI=1S/C12H14BrClN2O.ClH/c1-16(9-4-5-15-7-9)12(17)10-3-2-8(14)6-11(10)13;/h2-3,6,9,15H,4-5,7H2,1H3;1H. The van der Waals surface area contributed by atoms with Crippen molar-refractivity contribution < 1.29 is 4.79 Å². The number of nitrogens with zero attached hydrogens (tertiary/aromatic N) is 1. The molecule has 1 unspecified atom stereocenters. The summed E-state index contributed by atoms with van der Waals surface area (Å²) in [6.45, 7) is 1.84. The molecule has 1 aromatic rings. The zero-order chi connectivity index (χ0) is 12.4. The van der Waals surface area contributed by atoms with Crippen LogP contribution in [-0.4, -0.2) is 37.0 Å². The maximum atomic E-state index is 12.3. The molecule has 1 atom stereocenters. The summed E-state index contributed by atoms with van der Waals surface area (Å²) in [7, 11) is 1.85. The molecular formula is C12H15BrCl2N2O. The van der Waals surface area contributed by atoms with Crippen LogP contribution in [0.25, 0.3) is 0 Å².